The molecule has 2 aromatic carbocycles. The van der Waals surface area contributed by atoms with Crippen molar-refractivity contribution in [3.8, 4) is 11.4 Å². The average Bonchev–Trinajstić information content (AvgIpc) is 3.14. The fraction of sp³-hybridized carbons (Fsp3) is 0.286. The number of aryl methyl sites for hydroxylation is 3. The fourth-order valence-electron chi connectivity index (χ4n) is 2.74. The van der Waals surface area contributed by atoms with E-state index in [9.17, 15) is 4.79 Å². The van der Waals surface area contributed by atoms with E-state index in [4.69, 9.17) is 4.52 Å². The largest absolute Gasteiger partial charge is 0.338 e. The van der Waals surface area contributed by atoms with Crippen molar-refractivity contribution in [2.24, 2.45) is 0 Å². The number of aromatic nitrogens is 2. The summed E-state index contributed by atoms with van der Waals surface area (Å²) in [5.41, 5.74) is 5.21. The van der Waals surface area contributed by atoms with Gasteiger partial charge in [-0.15, -0.1) is 11.8 Å². The van der Waals surface area contributed by atoms with Crippen molar-refractivity contribution < 1.29 is 9.32 Å². The van der Waals surface area contributed by atoms with Gasteiger partial charge in [-0.05, 0) is 37.0 Å². The second kappa shape index (κ2) is 8.86. The summed E-state index contributed by atoms with van der Waals surface area (Å²) in [7, 11) is 0. The minimum Gasteiger partial charge on any atom is -0.338 e. The number of carbonyl (C=O) groups excluding carboxylic acids is 1. The zero-order chi connectivity index (χ0) is 19.2. The van der Waals surface area contributed by atoms with Crippen LogP contribution in [-0.2, 0) is 17.0 Å². The van der Waals surface area contributed by atoms with E-state index in [0.717, 1.165) is 28.8 Å². The lowest BCUT2D eigenvalue weighted by atomic mass is 10.1. The first kappa shape index (κ1) is 19.2. The van der Waals surface area contributed by atoms with Gasteiger partial charge in [-0.2, -0.15) is 4.98 Å². The Bertz CT molecular complexity index is 899. The second-order valence-corrected chi connectivity index (χ2v) is 7.36. The molecule has 0 saturated carbocycles. The standard InChI is InChI=1S/C21H23N3O2S/c1-4-16-8-10-17(11-9-16)21-23-19(26-24-21)13-27-12-18(25)22-20-14(2)6-5-7-15(20)3/h5-11H,4,12-13H2,1-3H3,(H,22,25). The third-order valence-corrected chi connectivity index (χ3v) is 5.21. The van der Waals surface area contributed by atoms with Gasteiger partial charge < -0.3 is 9.84 Å². The lowest BCUT2D eigenvalue weighted by Gasteiger charge is -2.10. The van der Waals surface area contributed by atoms with Crippen LogP contribution in [-0.4, -0.2) is 21.8 Å². The van der Waals surface area contributed by atoms with Gasteiger partial charge in [0.15, 0.2) is 0 Å². The molecule has 0 radical (unpaired) electrons. The van der Waals surface area contributed by atoms with Crippen LogP contribution < -0.4 is 5.32 Å². The SMILES string of the molecule is CCc1ccc(-c2noc(CSCC(=O)Nc3c(C)cccc3C)n2)cc1. The van der Waals surface area contributed by atoms with Crippen LogP contribution in [0.25, 0.3) is 11.4 Å². The van der Waals surface area contributed by atoms with Gasteiger partial charge in [-0.3, -0.25) is 4.79 Å². The van der Waals surface area contributed by atoms with Gasteiger partial charge in [0.25, 0.3) is 0 Å². The number of rotatable bonds is 7. The highest BCUT2D eigenvalue weighted by atomic mass is 32.2. The predicted molar refractivity (Wildman–Crippen MR) is 110 cm³/mol. The van der Waals surface area contributed by atoms with Crippen LogP contribution >= 0.6 is 11.8 Å². The molecule has 27 heavy (non-hydrogen) atoms. The summed E-state index contributed by atoms with van der Waals surface area (Å²) in [6.07, 6.45) is 0.999. The summed E-state index contributed by atoms with van der Waals surface area (Å²) < 4.78 is 5.30. The van der Waals surface area contributed by atoms with Crippen molar-refractivity contribution in [2.45, 2.75) is 32.9 Å². The van der Waals surface area contributed by atoms with Gasteiger partial charge in [-0.25, -0.2) is 0 Å². The molecule has 1 N–H and O–H groups in total. The molecule has 1 aromatic heterocycles. The smallest absolute Gasteiger partial charge is 0.236 e. The van der Waals surface area contributed by atoms with Crippen LogP contribution in [0.3, 0.4) is 0 Å². The summed E-state index contributed by atoms with van der Waals surface area (Å²) in [6, 6.07) is 14.1. The monoisotopic (exact) mass is 381 g/mol. The molecular formula is C21H23N3O2S. The van der Waals surface area contributed by atoms with E-state index in [0.29, 0.717) is 23.2 Å². The van der Waals surface area contributed by atoms with Crippen molar-refractivity contribution in [1.29, 1.82) is 0 Å². The molecule has 0 spiro atoms. The van der Waals surface area contributed by atoms with Crippen LogP contribution in [0.4, 0.5) is 5.69 Å². The van der Waals surface area contributed by atoms with E-state index in [-0.39, 0.29) is 5.91 Å². The molecule has 1 amide bonds. The predicted octanol–water partition coefficient (Wildman–Crippen LogP) is 4.79. The Morgan fingerprint density at radius 2 is 1.81 bits per heavy atom. The Labute approximate surface area is 163 Å². The maximum absolute atomic E-state index is 12.2. The Hall–Kier alpha value is -2.60. The summed E-state index contributed by atoms with van der Waals surface area (Å²) in [6.45, 7) is 6.10. The number of benzene rings is 2. The minimum absolute atomic E-state index is 0.0349. The highest BCUT2D eigenvalue weighted by Gasteiger charge is 2.11. The number of hydrogen-bond acceptors (Lipinski definition) is 5. The molecule has 0 aliphatic heterocycles. The molecule has 0 fully saturated rings. The fourth-order valence-corrected chi connectivity index (χ4v) is 3.39. The third kappa shape index (κ3) is 4.98. The Kier molecular flexibility index (Phi) is 6.29. The molecule has 1 heterocycles. The topological polar surface area (TPSA) is 68.0 Å². The second-order valence-electron chi connectivity index (χ2n) is 6.37. The normalized spacial score (nSPS) is 10.8. The number of para-hydroxylation sites is 1. The third-order valence-electron chi connectivity index (χ3n) is 4.29. The van der Waals surface area contributed by atoms with Crippen LogP contribution in [0.2, 0.25) is 0 Å². The quantitative estimate of drug-likeness (QED) is 0.637. The average molecular weight is 382 g/mol. The highest BCUT2D eigenvalue weighted by molar-refractivity contribution is 7.99. The van der Waals surface area contributed by atoms with Crippen LogP contribution in [0.15, 0.2) is 47.0 Å². The number of hydrogen-bond donors (Lipinski definition) is 1. The zero-order valence-corrected chi connectivity index (χ0v) is 16.6. The minimum atomic E-state index is -0.0349. The molecule has 0 unspecified atom stereocenters. The molecule has 0 atom stereocenters. The van der Waals surface area contributed by atoms with Gasteiger partial charge in [0.05, 0.1) is 11.5 Å². The van der Waals surface area contributed by atoms with E-state index in [1.807, 2.05) is 44.2 Å². The number of nitrogens with zero attached hydrogens (tertiary/aromatic N) is 2. The molecule has 140 valence electrons. The van der Waals surface area contributed by atoms with Gasteiger partial charge in [0.2, 0.25) is 17.6 Å². The Balaban J connectivity index is 1.52. The molecule has 3 rings (SSSR count). The lowest BCUT2D eigenvalue weighted by Crippen LogP contribution is -2.15. The molecule has 3 aromatic rings. The van der Waals surface area contributed by atoms with Crippen molar-refractivity contribution in [2.75, 3.05) is 11.1 Å². The summed E-state index contributed by atoms with van der Waals surface area (Å²) in [5.74, 6) is 1.90. The lowest BCUT2D eigenvalue weighted by molar-refractivity contribution is -0.113. The zero-order valence-electron chi connectivity index (χ0n) is 15.8. The molecule has 6 heteroatoms. The van der Waals surface area contributed by atoms with Crippen LogP contribution in [0.5, 0.6) is 0 Å². The van der Waals surface area contributed by atoms with Crippen molar-refractivity contribution in [3.63, 3.8) is 0 Å². The number of amides is 1. The summed E-state index contributed by atoms with van der Waals surface area (Å²) >= 11 is 1.45. The first-order chi connectivity index (χ1) is 13.1. The summed E-state index contributed by atoms with van der Waals surface area (Å²) in [4.78, 5) is 16.6. The van der Waals surface area contributed by atoms with Crippen LogP contribution in [0.1, 0.15) is 29.5 Å². The number of anilines is 1. The number of nitrogens with one attached hydrogen (secondary N) is 1. The van der Waals surface area contributed by atoms with Gasteiger partial charge in [0.1, 0.15) is 0 Å². The van der Waals surface area contributed by atoms with E-state index >= 15 is 0 Å². The Morgan fingerprint density at radius 3 is 2.48 bits per heavy atom. The van der Waals surface area contributed by atoms with Gasteiger partial charge >= 0.3 is 0 Å². The number of thioether (sulfide) groups is 1. The van der Waals surface area contributed by atoms with E-state index in [1.165, 1.54) is 17.3 Å². The first-order valence-corrected chi connectivity index (χ1v) is 10.1. The van der Waals surface area contributed by atoms with Crippen molar-refractivity contribution in [3.05, 3.63) is 65.0 Å². The maximum atomic E-state index is 12.2. The van der Waals surface area contributed by atoms with E-state index in [1.54, 1.807) is 0 Å². The van der Waals surface area contributed by atoms with Crippen LogP contribution in [0, 0.1) is 13.8 Å². The maximum Gasteiger partial charge on any atom is 0.236 e. The van der Waals surface area contributed by atoms with Crippen molar-refractivity contribution >= 4 is 23.4 Å². The van der Waals surface area contributed by atoms with Crippen molar-refractivity contribution in [1.82, 2.24) is 10.1 Å². The first-order valence-electron chi connectivity index (χ1n) is 8.92. The molecular weight excluding hydrogens is 358 g/mol. The van der Waals surface area contributed by atoms with E-state index in [2.05, 4.69) is 34.5 Å². The summed E-state index contributed by atoms with van der Waals surface area (Å²) in [5, 5.41) is 7.01. The molecule has 0 bridgehead atoms. The van der Waals surface area contributed by atoms with E-state index < -0.39 is 0 Å². The molecule has 0 saturated heterocycles. The number of carbonyl (C=O) groups is 1. The van der Waals surface area contributed by atoms with Gasteiger partial charge in [0, 0.05) is 11.3 Å². The molecule has 0 aliphatic rings. The highest BCUT2D eigenvalue weighted by Crippen LogP contribution is 2.21. The Morgan fingerprint density at radius 1 is 1.11 bits per heavy atom. The molecule has 0 aliphatic carbocycles. The molecule has 5 nitrogen and oxygen atoms in total. The van der Waals surface area contributed by atoms with Gasteiger partial charge in [-0.1, -0.05) is 54.5 Å².